The minimum atomic E-state index is -3.71. The van der Waals surface area contributed by atoms with Gasteiger partial charge in [-0.2, -0.15) is 4.80 Å². The molecule has 9 heteroatoms. The van der Waals surface area contributed by atoms with E-state index in [9.17, 15) is 8.42 Å². The second-order valence-electron chi connectivity index (χ2n) is 3.14. The third-order valence-corrected chi connectivity index (χ3v) is 4.20. The summed E-state index contributed by atoms with van der Waals surface area (Å²) in [5, 5.41) is 10.8. The Kier molecular flexibility index (Phi) is 3.11. The highest BCUT2D eigenvalue weighted by Crippen LogP contribution is 2.22. The zero-order valence-corrected chi connectivity index (χ0v) is 11.1. The number of hydrogen-bond acceptors (Lipinski definition) is 5. The van der Waals surface area contributed by atoms with Crippen molar-refractivity contribution in [1.29, 1.82) is 0 Å². The molecule has 0 aliphatic rings. The second kappa shape index (κ2) is 4.41. The maximum Gasteiger partial charge on any atom is 0.277 e. The van der Waals surface area contributed by atoms with Crippen LogP contribution < -0.4 is 4.72 Å². The van der Waals surface area contributed by atoms with Crippen LogP contribution in [0.2, 0.25) is 0 Å². The normalized spacial score (nSPS) is 11.4. The van der Waals surface area contributed by atoms with Crippen LogP contribution in [0.5, 0.6) is 0 Å². The summed E-state index contributed by atoms with van der Waals surface area (Å²) in [6, 6.07) is 6.47. The van der Waals surface area contributed by atoms with Gasteiger partial charge in [0, 0.05) is 4.47 Å². The molecule has 0 fully saturated rings. The molecule has 0 atom stereocenters. The smallest absolute Gasteiger partial charge is 0.245 e. The molecule has 2 aromatic rings. The van der Waals surface area contributed by atoms with E-state index in [0.29, 0.717) is 4.47 Å². The van der Waals surface area contributed by atoms with Gasteiger partial charge in [-0.15, -0.1) is 5.10 Å². The van der Waals surface area contributed by atoms with Crippen molar-refractivity contribution in [1.82, 2.24) is 20.2 Å². The lowest BCUT2D eigenvalue weighted by Crippen LogP contribution is -2.14. The number of halogens is 1. The van der Waals surface area contributed by atoms with Gasteiger partial charge in [0.15, 0.2) is 0 Å². The molecule has 2 rings (SSSR count). The maximum atomic E-state index is 12.0. The van der Waals surface area contributed by atoms with E-state index in [2.05, 4.69) is 36.1 Å². The molecule has 17 heavy (non-hydrogen) atoms. The van der Waals surface area contributed by atoms with Crippen molar-refractivity contribution in [2.45, 2.75) is 4.90 Å². The molecule has 0 saturated carbocycles. The van der Waals surface area contributed by atoms with Gasteiger partial charge in [-0.1, -0.05) is 17.2 Å². The minimum absolute atomic E-state index is 0.0664. The largest absolute Gasteiger partial charge is 0.277 e. The molecule has 0 aliphatic carbocycles. The molecule has 1 N–H and O–H groups in total. The minimum Gasteiger partial charge on any atom is -0.245 e. The third kappa shape index (κ3) is 2.61. The highest BCUT2D eigenvalue weighted by Gasteiger charge is 2.19. The SMILES string of the molecule is Cn1nnc(NS(=O)(=O)c2ccccc2Br)n1. The van der Waals surface area contributed by atoms with Crippen LogP contribution in [0.3, 0.4) is 0 Å². The number of benzene rings is 1. The van der Waals surface area contributed by atoms with E-state index in [4.69, 9.17) is 0 Å². The molecule has 1 heterocycles. The molecule has 1 aromatic carbocycles. The number of rotatable bonds is 3. The number of sulfonamides is 1. The first kappa shape index (κ1) is 12.0. The fourth-order valence-electron chi connectivity index (χ4n) is 1.16. The lowest BCUT2D eigenvalue weighted by molar-refractivity contribution is 0.600. The molecule has 0 radical (unpaired) electrons. The van der Waals surface area contributed by atoms with Crippen molar-refractivity contribution >= 4 is 31.9 Å². The van der Waals surface area contributed by atoms with Crippen LogP contribution in [0, 0.1) is 0 Å². The highest BCUT2D eigenvalue weighted by atomic mass is 79.9. The van der Waals surface area contributed by atoms with Crippen molar-refractivity contribution in [3.8, 4) is 0 Å². The van der Waals surface area contributed by atoms with Gasteiger partial charge < -0.3 is 0 Å². The Morgan fingerprint density at radius 2 is 2.06 bits per heavy atom. The lowest BCUT2D eigenvalue weighted by Gasteiger charge is -2.05. The van der Waals surface area contributed by atoms with Gasteiger partial charge >= 0.3 is 0 Å². The molecule has 7 nitrogen and oxygen atoms in total. The first-order chi connectivity index (χ1) is 7.99. The van der Waals surface area contributed by atoms with E-state index in [-0.39, 0.29) is 10.8 Å². The van der Waals surface area contributed by atoms with E-state index >= 15 is 0 Å². The Morgan fingerprint density at radius 3 is 2.65 bits per heavy atom. The Balaban J connectivity index is 2.35. The molecular formula is C8H8BrN5O2S. The number of aromatic nitrogens is 4. The van der Waals surface area contributed by atoms with Crippen LogP contribution in [-0.4, -0.2) is 28.6 Å². The van der Waals surface area contributed by atoms with Crippen molar-refractivity contribution in [2.75, 3.05) is 4.72 Å². The zero-order chi connectivity index (χ0) is 12.5. The van der Waals surface area contributed by atoms with Crippen molar-refractivity contribution in [2.24, 2.45) is 7.05 Å². The maximum absolute atomic E-state index is 12.0. The van der Waals surface area contributed by atoms with Crippen LogP contribution in [0.25, 0.3) is 0 Å². The van der Waals surface area contributed by atoms with Gasteiger partial charge in [0.1, 0.15) is 4.90 Å². The fourth-order valence-corrected chi connectivity index (χ4v) is 3.10. The van der Waals surface area contributed by atoms with E-state index < -0.39 is 10.0 Å². The summed E-state index contributed by atoms with van der Waals surface area (Å²) in [6.45, 7) is 0. The standard InChI is InChI=1S/C8H8BrN5O2S/c1-14-11-8(10-13-14)12-17(15,16)7-5-3-2-4-6(7)9/h2-5H,1H3,(H,11,12). The van der Waals surface area contributed by atoms with Gasteiger partial charge in [0.25, 0.3) is 16.0 Å². The Labute approximate surface area is 106 Å². The van der Waals surface area contributed by atoms with E-state index in [1.165, 1.54) is 6.07 Å². The van der Waals surface area contributed by atoms with E-state index in [1.54, 1.807) is 25.2 Å². The van der Waals surface area contributed by atoms with Crippen molar-refractivity contribution in [3.05, 3.63) is 28.7 Å². The molecular weight excluding hydrogens is 310 g/mol. The molecule has 0 saturated heterocycles. The number of anilines is 1. The molecule has 0 spiro atoms. The number of aryl methyl sites for hydroxylation is 1. The molecule has 0 unspecified atom stereocenters. The third-order valence-electron chi connectivity index (χ3n) is 1.86. The van der Waals surface area contributed by atoms with Crippen LogP contribution in [0.4, 0.5) is 5.95 Å². The number of hydrogen-bond donors (Lipinski definition) is 1. The molecule has 1 aromatic heterocycles. The number of nitrogens with zero attached hydrogens (tertiary/aromatic N) is 4. The quantitative estimate of drug-likeness (QED) is 0.903. The Bertz CT molecular complexity index is 639. The lowest BCUT2D eigenvalue weighted by atomic mass is 10.4. The van der Waals surface area contributed by atoms with Crippen molar-refractivity contribution < 1.29 is 8.42 Å². The summed E-state index contributed by atoms with van der Waals surface area (Å²) >= 11 is 3.17. The van der Waals surface area contributed by atoms with Gasteiger partial charge in [-0.25, -0.2) is 13.1 Å². The van der Waals surface area contributed by atoms with E-state index in [1.807, 2.05) is 0 Å². The van der Waals surface area contributed by atoms with Crippen molar-refractivity contribution in [3.63, 3.8) is 0 Å². The van der Waals surface area contributed by atoms with Crippen LogP contribution >= 0.6 is 15.9 Å². The highest BCUT2D eigenvalue weighted by molar-refractivity contribution is 9.10. The summed E-state index contributed by atoms with van der Waals surface area (Å²) in [5.41, 5.74) is 0. The average molecular weight is 318 g/mol. The Hall–Kier alpha value is -1.48. The van der Waals surface area contributed by atoms with Crippen LogP contribution in [0.15, 0.2) is 33.6 Å². The number of tetrazole rings is 1. The summed E-state index contributed by atoms with van der Waals surface area (Å²) < 4.78 is 26.6. The Morgan fingerprint density at radius 1 is 1.35 bits per heavy atom. The fraction of sp³-hybridized carbons (Fsp3) is 0.125. The summed E-state index contributed by atoms with van der Waals surface area (Å²) in [4.78, 5) is 1.28. The second-order valence-corrected chi connectivity index (χ2v) is 5.64. The van der Waals surface area contributed by atoms with Gasteiger partial charge in [0.2, 0.25) is 0 Å². The molecule has 0 amide bonds. The van der Waals surface area contributed by atoms with Gasteiger partial charge in [-0.3, -0.25) is 0 Å². The molecule has 90 valence electrons. The molecule has 0 bridgehead atoms. The average Bonchev–Trinajstić information content (AvgIpc) is 2.63. The zero-order valence-electron chi connectivity index (χ0n) is 8.70. The first-order valence-electron chi connectivity index (χ1n) is 4.50. The van der Waals surface area contributed by atoms with Gasteiger partial charge in [-0.05, 0) is 33.3 Å². The van der Waals surface area contributed by atoms with Gasteiger partial charge in [0.05, 0.1) is 7.05 Å². The first-order valence-corrected chi connectivity index (χ1v) is 6.78. The summed E-state index contributed by atoms with van der Waals surface area (Å²) in [5.74, 6) is -0.0664. The predicted molar refractivity (Wildman–Crippen MR) is 63.7 cm³/mol. The van der Waals surface area contributed by atoms with Crippen LogP contribution in [0.1, 0.15) is 0 Å². The predicted octanol–water partition coefficient (Wildman–Crippen LogP) is 0.773. The summed E-state index contributed by atoms with van der Waals surface area (Å²) in [6.07, 6.45) is 0. The topological polar surface area (TPSA) is 89.8 Å². The number of nitrogens with one attached hydrogen (secondary N) is 1. The van der Waals surface area contributed by atoms with Crippen LogP contribution in [-0.2, 0) is 17.1 Å². The summed E-state index contributed by atoms with van der Waals surface area (Å²) in [7, 11) is -2.16. The molecule has 0 aliphatic heterocycles. The monoisotopic (exact) mass is 317 g/mol. The van der Waals surface area contributed by atoms with E-state index in [0.717, 1.165) is 4.80 Å².